The Kier molecular flexibility index (Phi) is 1.08. The predicted octanol–water partition coefficient (Wildman–Crippen LogP) is -0.185. The van der Waals surface area contributed by atoms with Crippen molar-refractivity contribution in [3.8, 4) is 0 Å². The lowest BCUT2D eigenvalue weighted by atomic mass is 9.94. The molecule has 2 heterocycles. The van der Waals surface area contributed by atoms with Gasteiger partial charge in [0.1, 0.15) is 0 Å². The van der Waals surface area contributed by atoms with Crippen LogP contribution in [0.1, 0.15) is 6.42 Å². The average molecular weight is 139 g/mol. The Morgan fingerprint density at radius 3 is 2.70 bits per heavy atom. The summed E-state index contributed by atoms with van der Waals surface area (Å²) in [5, 5.41) is 0. The van der Waals surface area contributed by atoms with Gasteiger partial charge in [0.15, 0.2) is 0 Å². The van der Waals surface area contributed by atoms with E-state index in [1.54, 1.807) is 0 Å². The highest BCUT2D eigenvalue weighted by Crippen LogP contribution is 2.32. The SMILES string of the molecule is NC(=O)C1CC2C=CC1O2. The fourth-order valence-electron chi connectivity index (χ4n) is 1.55. The minimum atomic E-state index is -0.239. The van der Waals surface area contributed by atoms with Crippen LogP contribution in [0.2, 0.25) is 0 Å². The van der Waals surface area contributed by atoms with Gasteiger partial charge in [-0.05, 0) is 6.42 Å². The number of ether oxygens (including phenoxy) is 1. The number of fused-ring (bicyclic) bond motifs is 2. The maximum absolute atomic E-state index is 10.7. The van der Waals surface area contributed by atoms with Gasteiger partial charge in [0.05, 0.1) is 18.1 Å². The molecule has 0 aromatic rings. The minimum absolute atomic E-state index is 0.0255. The molecule has 2 bridgehead atoms. The van der Waals surface area contributed by atoms with Crippen molar-refractivity contribution in [1.29, 1.82) is 0 Å². The molecule has 3 unspecified atom stereocenters. The highest BCUT2D eigenvalue weighted by Gasteiger charge is 2.39. The summed E-state index contributed by atoms with van der Waals surface area (Å²) in [4.78, 5) is 10.7. The first kappa shape index (κ1) is 5.92. The molecule has 1 saturated heterocycles. The first-order valence-electron chi connectivity index (χ1n) is 3.40. The Balaban J connectivity index is 2.16. The van der Waals surface area contributed by atoms with Crippen LogP contribution in [0.25, 0.3) is 0 Å². The van der Waals surface area contributed by atoms with Gasteiger partial charge in [0, 0.05) is 0 Å². The van der Waals surface area contributed by atoms with Gasteiger partial charge in [-0.3, -0.25) is 4.79 Å². The summed E-state index contributed by atoms with van der Waals surface area (Å²) in [6.07, 6.45) is 4.81. The molecule has 3 atom stereocenters. The van der Waals surface area contributed by atoms with E-state index in [2.05, 4.69) is 0 Å². The first-order valence-corrected chi connectivity index (χ1v) is 3.40. The number of carbonyl (C=O) groups is 1. The summed E-state index contributed by atoms with van der Waals surface area (Å²) < 4.78 is 5.33. The van der Waals surface area contributed by atoms with E-state index >= 15 is 0 Å². The van der Waals surface area contributed by atoms with E-state index in [4.69, 9.17) is 10.5 Å². The Labute approximate surface area is 58.8 Å². The van der Waals surface area contributed by atoms with E-state index < -0.39 is 0 Å². The van der Waals surface area contributed by atoms with Gasteiger partial charge in [-0.1, -0.05) is 12.2 Å². The van der Waals surface area contributed by atoms with Crippen LogP contribution in [0.15, 0.2) is 12.2 Å². The van der Waals surface area contributed by atoms with Crippen molar-refractivity contribution in [2.75, 3.05) is 0 Å². The number of nitrogens with two attached hydrogens (primary N) is 1. The maximum atomic E-state index is 10.7. The fraction of sp³-hybridized carbons (Fsp3) is 0.571. The van der Waals surface area contributed by atoms with Crippen LogP contribution in [-0.4, -0.2) is 18.1 Å². The lowest BCUT2D eigenvalue weighted by Crippen LogP contribution is -2.29. The van der Waals surface area contributed by atoms with E-state index in [0.29, 0.717) is 0 Å². The number of rotatable bonds is 1. The van der Waals surface area contributed by atoms with Gasteiger partial charge in [0.25, 0.3) is 0 Å². The second-order valence-electron chi connectivity index (χ2n) is 2.77. The first-order chi connectivity index (χ1) is 4.77. The molecule has 0 saturated carbocycles. The predicted molar refractivity (Wildman–Crippen MR) is 35.1 cm³/mol. The van der Waals surface area contributed by atoms with Crippen molar-refractivity contribution < 1.29 is 9.53 Å². The molecule has 2 aliphatic heterocycles. The largest absolute Gasteiger partial charge is 0.369 e. The quantitative estimate of drug-likeness (QED) is 0.512. The van der Waals surface area contributed by atoms with Gasteiger partial charge in [-0.15, -0.1) is 0 Å². The highest BCUT2D eigenvalue weighted by atomic mass is 16.5. The third-order valence-corrected chi connectivity index (χ3v) is 2.10. The third kappa shape index (κ3) is 0.671. The smallest absolute Gasteiger partial charge is 0.223 e. The van der Waals surface area contributed by atoms with Crippen molar-refractivity contribution in [2.24, 2.45) is 11.7 Å². The standard InChI is InChI=1S/C7H9NO2/c8-7(9)5-3-4-1-2-6(5)10-4/h1-2,4-6H,3H2,(H2,8,9). The van der Waals surface area contributed by atoms with Gasteiger partial charge >= 0.3 is 0 Å². The molecular weight excluding hydrogens is 130 g/mol. The van der Waals surface area contributed by atoms with Crippen molar-refractivity contribution in [3.05, 3.63) is 12.2 Å². The second kappa shape index (κ2) is 1.83. The summed E-state index contributed by atoms with van der Waals surface area (Å²) in [6, 6.07) is 0. The Morgan fingerprint density at radius 2 is 2.40 bits per heavy atom. The Bertz CT molecular complexity index is 200. The molecule has 3 nitrogen and oxygen atoms in total. The van der Waals surface area contributed by atoms with Crippen LogP contribution >= 0.6 is 0 Å². The molecule has 0 aliphatic carbocycles. The number of amides is 1. The molecule has 2 rings (SSSR count). The zero-order valence-electron chi connectivity index (χ0n) is 5.49. The van der Waals surface area contributed by atoms with Crippen LogP contribution in [-0.2, 0) is 9.53 Å². The molecule has 54 valence electrons. The summed E-state index contributed by atoms with van der Waals surface area (Å²) in [5.74, 6) is -0.313. The Morgan fingerprint density at radius 1 is 1.60 bits per heavy atom. The molecule has 0 radical (unpaired) electrons. The van der Waals surface area contributed by atoms with E-state index in [1.807, 2.05) is 12.2 Å². The average Bonchev–Trinajstić information content (AvgIpc) is 2.44. The molecule has 10 heavy (non-hydrogen) atoms. The van der Waals surface area contributed by atoms with Crippen molar-refractivity contribution in [1.82, 2.24) is 0 Å². The molecule has 0 aromatic carbocycles. The van der Waals surface area contributed by atoms with Gasteiger partial charge in [-0.2, -0.15) is 0 Å². The van der Waals surface area contributed by atoms with Crippen LogP contribution in [0.4, 0.5) is 0 Å². The number of hydrogen-bond acceptors (Lipinski definition) is 2. The molecule has 1 amide bonds. The van der Waals surface area contributed by atoms with E-state index in [-0.39, 0.29) is 24.0 Å². The maximum Gasteiger partial charge on any atom is 0.223 e. The third-order valence-electron chi connectivity index (χ3n) is 2.10. The lowest BCUT2D eigenvalue weighted by molar-refractivity contribution is -0.122. The lowest BCUT2D eigenvalue weighted by Gasteiger charge is -2.09. The second-order valence-corrected chi connectivity index (χ2v) is 2.77. The topological polar surface area (TPSA) is 52.3 Å². The van der Waals surface area contributed by atoms with Crippen molar-refractivity contribution >= 4 is 5.91 Å². The molecule has 0 aromatic heterocycles. The summed E-state index contributed by atoms with van der Waals surface area (Å²) in [6.45, 7) is 0. The van der Waals surface area contributed by atoms with E-state index in [1.165, 1.54) is 0 Å². The van der Waals surface area contributed by atoms with Gasteiger partial charge in [-0.25, -0.2) is 0 Å². The molecule has 2 N–H and O–H groups in total. The van der Waals surface area contributed by atoms with Crippen LogP contribution in [0.5, 0.6) is 0 Å². The fourth-order valence-corrected chi connectivity index (χ4v) is 1.55. The molecule has 1 fully saturated rings. The van der Waals surface area contributed by atoms with Crippen molar-refractivity contribution in [2.45, 2.75) is 18.6 Å². The Hall–Kier alpha value is -0.830. The number of primary amides is 1. The zero-order chi connectivity index (χ0) is 7.14. The zero-order valence-corrected chi connectivity index (χ0v) is 5.49. The van der Waals surface area contributed by atoms with Gasteiger partial charge in [0.2, 0.25) is 5.91 Å². The molecule has 2 aliphatic rings. The summed E-state index contributed by atoms with van der Waals surface area (Å²) in [7, 11) is 0. The number of hydrogen-bond donors (Lipinski definition) is 1. The van der Waals surface area contributed by atoms with Gasteiger partial charge < -0.3 is 10.5 Å². The summed E-state index contributed by atoms with van der Waals surface area (Å²) in [5.41, 5.74) is 5.13. The minimum Gasteiger partial charge on any atom is -0.369 e. The van der Waals surface area contributed by atoms with Crippen molar-refractivity contribution in [3.63, 3.8) is 0 Å². The normalized spacial score (nSPS) is 42.6. The number of carbonyl (C=O) groups excluding carboxylic acids is 1. The summed E-state index contributed by atoms with van der Waals surface area (Å²) >= 11 is 0. The molecule has 3 heteroatoms. The monoisotopic (exact) mass is 139 g/mol. The molecule has 0 spiro atoms. The van der Waals surface area contributed by atoms with Crippen LogP contribution in [0, 0.1) is 5.92 Å². The van der Waals surface area contributed by atoms with Crippen LogP contribution in [0.3, 0.4) is 0 Å². The van der Waals surface area contributed by atoms with E-state index in [0.717, 1.165) is 6.42 Å². The van der Waals surface area contributed by atoms with E-state index in [9.17, 15) is 4.79 Å². The van der Waals surface area contributed by atoms with Crippen LogP contribution < -0.4 is 5.73 Å². The highest BCUT2D eigenvalue weighted by molar-refractivity contribution is 5.78. The molecular formula is C7H9NO2.